The molecule has 2 rings (SSSR count). The zero-order valence-electron chi connectivity index (χ0n) is 9.99. The number of hydrogen-bond acceptors (Lipinski definition) is 3. The molecule has 0 aromatic carbocycles. The first kappa shape index (κ1) is 12.4. The van der Waals surface area contributed by atoms with Crippen molar-refractivity contribution >= 4 is 17.4 Å². The third-order valence-corrected chi connectivity index (χ3v) is 3.98. The molecule has 0 radical (unpaired) electrons. The van der Waals surface area contributed by atoms with Crippen molar-refractivity contribution in [3.8, 4) is 0 Å². The van der Waals surface area contributed by atoms with Crippen LogP contribution in [0.15, 0.2) is 11.4 Å². The number of rotatable bonds is 3. The van der Waals surface area contributed by atoms with Crippen LogP contribution in [0.5, 0.6) is 0 Å². The second kappa shape index (κ2) is 6.02. The van der Waals surface area contributed by atoms with Crippen LogP contribution >= 0.6 is 11.3 Å². The Balaban J connectivity index is 1.99. The third kappa shape index (κ3) is 3.20. The van der Waals surface area contributed by atoms with Gasteiger partial charge in [0, 0.05) is 12.0 Å². The monoisotopic (exact) mass is 254 g/mol. The highest BCUT2D eigenvalue weighted by Gasteiger charge is 2.20. The first-order valence-corrected chi connectivity index (χ1v) is 6.79. The topological polar surface area (TPSA) is 50.4 Å². The van der Waals surface area contributed by atoms with Gasteiger partial charge in [0.25, 0.3) is 0 Å². The Morgan fingerprint density at radius 2 is 2.47 bits per heavy atom. The van der Waals surface area contributed by atoms with Crippen molar-refractivity contribution in [3.05, 3.63) is 21.9 Å². The summed E-state index contributed by atoms with van der Waals surface area (Å²) >= 11 is 1.79. The van der Waals surface area contributed by atoms with Gasteiger partial charge in [-0.1, -0.05) is 6.42 Å². The van der Waals surface area contributed by atoms with Crippen LogP contribution in [-0.2, 0) is 11.2 Å². The van der Waals surface area contributed by atoms with Crippen LogP contribution in [0.25, 0.3) is 0 Å². The number of urea groups is 1. The average Bonchev–Trinajstić information content (AvgIpc) is 2.71. The molecule has 94 valence electrons. The number of carbonyl (C=O) groups is 1. The number of ether oxygens (including phenoxy) is 1. The molecule has 0 aliphatic heterocycles. The van der Waals surface area contributed by atoms with Crippen LogP contribution in [0.3, 0.4) is 0 Å². The fraction of sp³-hybridized carbons (Fsp3) is 0.583. The zero-order valence-corrected chi connectivity index (χ0v) is 10.8. The molecule has 1 aromatic rings. The molecule has 0 saturated heterocycles. The van der Waals surface area contributed by atoms with E-state index in [9.17, 15) is 4.79 Å². The molecule has 5 heteroatoms. The molecule has 17 heavy (non-hydrogen) atoms. The van der Waals surface area contributed by atoms with E-state index in [0.717, 1.165) is 19.3 Å². The van der Waals surface area contributed by atoms with E-state index < -0.39 is 0 Å². The molecule has 1 unspecified atom stereocenters. The average molecular weight is 254 g/mol. The summed E-state index contributed by atoms with van der Waals surface area (Å²) in [5.74, 6) is 0. The van der Waals surface area contributed by atoms with Crippen molar-refractivity contribution in [3.63, 3.8) is 0 Å². The number of nitrogens with one attached hydrogen (secondary N) is 2. The zero-order chi connectivity index (χ0) is 12.1. The Morgan fingerprint density at radius 1 is 1.59 bits per heavy atom. The van der Waals surface area contributed by atoms with Crippen LogP contribution < -0.4 is 10.6 Å². The molecule has 1 aliphatic rings. The van der Waals surface area contributed by atoms with Crippen LogP contribution in [0.4, 0.5) is 4.79 Å². The predicted octanol–water partition coefficient (Wildman–Crippen LogP) is 2.42. The number of aryl methyl sites for hydroxylation is 1. The summed E-state index contributed by atoms with van der Waals surface area (Å²) in [6.07, 6.45) is 4.54. The fourth-order valence-electron chi connectivity index (χ4n) is 2.15. The molecular formula is C12H18N2O2S. The Bertz CT molecular complexity index is 378. The van der Waals surface area contributed by atoms with Gasteiger partial charge in [0.2, 0.25) is 0 Å². The molecule has 1 aromatic heterocycles. The minimum Gasteiger partial charge on any atom is -0.364 e. The first-order valence-electron chi connectivity index (χ1n) is 5.91. The van der Waals surface area contributed by atoms with E-state index in [4.69, 9.17) is 4.74 Å². The van der Waals surface area contributed by atoms with Crippen LogP contribution in [-0.4, -0.2) is 19.9 Å². The Hall–Kier alpha value is -1.07. The third-order valence-electron chi connectivity index (χ3n) is 2.98. The molecule has 0 spiro atoms. The Kier molecular flexibility index (Phi) is 4.39. The van der Waals surface area contributed by atoms with Gasteiger partial charge in [0.1, 0.15) is 6.73 Å². The Labute approximate surface area is 105 Å². The highest BCUT2D eigenvalue weighted by molar-refractivity contribution is 7.10. The van der Waals surface area contributed by atoms with Crippen LogP contribution in [0, 0.1) is 0 Å². The van der Waals surface area contributed by atoms with Crippen molar-refractivity contribution in [2.75, 3.05) is 13.8 Å². The van der Waals surface area contributed by atoms with E-state index in [-0.39, 0.29) is 18.8 Å². The number of thiophene rings is 1. The summed E-state index contributed by atoms with van der Waals surface area (Å²) in [5.41, 5.74) is 1.29. The molecule has 0 saturated carbocycles. The van der Waals surface area contributed by atoms with Crippen molar-refractivity contribution in [1.29, 1.82) is 0 Å². The molecule has 2 N–H and O–H groups in total. The smallest absolute Gasteiger partial charge is 0.317 e. The van der Waals surface area contributed by atoms with Crippen molar-refractivity contribution < 1.29 is 9.53 Å². The number of fused-ring (bicyclic) bond motifs is 1. The summed E-state index contributed by atoms with van der Waals surface area (Å²) < 4.78 is 4.81. The van der Waals surface area contributed by atoms with Crippen molar-refractivity contribution in [2.45, 2.75) is 31.7 Å². The number of hydrogen-bond donors (Lipinski definition) is 2. The lowest BCUT2D eigenvalue weighted by Gasteiger charge is -2.17. The second-order valence-electron chi connectivity index (χ2n) is 4.18. The molecule has 1 heterocycles. The van der Waals surface area contributed by atoms with Gasteiger partial charge in [-0.3, -0.25) is 0 Å². The minimum absolute atomic E-state index is 0.149. The van der Waals surface area contributed by atoms with E-state index in [1.807, 2.05) is 0 Å². The molecule has 4 nitrogen and oxygen atoms in total. The van der Waals surface area contributed by atoms with Gasteiger partial charge in [-0.15, -0.1) is 11.3 Å². The van der Waals surface area contributed by atoms with Gasteiger partial charge in [-0.05, 0) is 36.3 Å². The quantitative estimate of drug-likeness (QED) is 0.643. The van der Waals surface area contributed by atoms with Crippen LogP contribution in [0.2, 0.25) is 0 Å². The number of amides is 2. The summed E-state index contributed by atoms with van der Waals surface area (Å²) in [6.45, 7) is 0.245. The molecule has 0 fully saturated rings. The second-order valence-corrected chi connectivity index (χ2v) is 5.18. The maximum Gasteiger partial charge on any atom is 0.317 e. The van der Waals surface area contributed by atoms with Gasteiger partial charge < -0.3 is 15.4 Å². The first-order chi connectivity index (χ1) is 8.31. The van der Waals surface area contributed by atoms with E-state index in [1.165, 1.54) is 16.9 Å². The fourth-order valence-corrected chi connectivity index (χ4v) is 3.14. The van der Waals surface area contributed by atoms with Crippen molar-refractivity contribution in [2.24, 2.45) is 0 Å². The van der Waals surface area contributed by atoms with E-state index in [2.05, 4.69) is 22.1 Å². The summed E-state index contributed by atoms with van der Waals surface area (Å²) in [7, 11) is 1.56. The lowest BCUT2D eigenvalue weighted by Crippen LogP contribution is -2.38. The summed E-state index contributed by atoms with van der Waals surface area (Å²) in [5, 5.41) is 7.78. The van der Waals surface area contributed by atoms with E-state index >= 15 is 0 Å². The lowest BCUT2D eigenvalue weighted by molar-refractivity contribution is 0.171. The Morgan fingerprint density at radius 3 is 3.29 bits per heavy atom. The van der Waals surface area contributed by atoms with Gasteiger partial charge in [0.15, 0.2) is 0 Å². The molecule has 0 bridgehead atoms. The van der Waals surface area contributed by atoms with Crippen LogP contribution in [0.1, 0.15) is 35.7 Å². The van der Waals surface area contributed by atoms with Gasteiger partial charge in [-0.2, -0.15) is 0 Å². The van der Waals surface area contributed by atoms with Crippen molar-refractivity contribution in [1.82, 2.24) is 10.6 Å². The normalized spacial score (nSPS) is 19.2. The highest BCUT2D eigenvalue weighted by atomic mass is 32.1. The molecular weight excluding hydrogens is 236 g/mol. The maximum absolute atomic E-state index is 11.6. The van der Waals surface area contributed by atoms with E-state index in [0.29, 0.717) is 0 Å². The number of methoxy groups -OCH3 is 1. The SMILES string of the molecule is COCNC(=O)NC1CCCCc2sccc21. The largest absolute Gasteiger partial charge is 0.364 e. The lowest BCUT2D eigenvalue weighted by atomic mass is 10.1. The molecule has 1 atom stereocenters. The molecule has 1 aliphatic carbocycles. The van der Waals surface area contributed by atoms with E-state index in [1.54, 1.807) is 18.4 Å². The highest BCUT2D eigenvalue weighted by Crippen LogP contribution is 2.31. The summed E-state index contributed by atoms with van der Waals surface area (Å²) in [6, 6.07) is 2.12. The predicted molar refractivity (Wildman–Crippen MR) is 68.2 cm³/mol. The summed E-state index contributed by atoms with van der Waals surface area (Å²) in [4.78, 5) is 13.0. The standard InChI is InChI=1S/C12H18N2O2S/c1-16-8-13-12(15)14-10-4-2-3-5-11-9(10)6-7-17-11/h6-7,10H,2-5,8H2,1H3,(H2,13,14,15). The maximum atomic E-state index is 11.6. The van der Waals surface area contributed by atoms with Gasteiger partial charge in [-0.25, -0.2) is 4.79 Å². The van der Waals surface area contributed by atoms with Gasteiger partial charge in [0.05, 0.1) is 6.04 Å². The number of carbonyl (C=O) groups excluding carboxylic acids is 1. The minimum atomic E-state index is -0.157. The van der Waals surface area contributed by atoms with Gasteiger partial charge >= 0.3 is 6.03 Å². The molecule has 2 amide bonds.